The molecule has 2 N–H and O–H groups in total. The van der Waals surface area contributed by atoms with E-state index in [1.807, 2.05) is 24.3 Å². The van der Waals surface area contributed by atoms with Gasteiger partial charge in [-0.3, -0.25) is 9.89 Å². The molecule has 0 saturated heterocycles. The summed E-state index contributed by atoms with van der Waals surface area (Å²) in [5.74, 6) is 0.819. The van der Waals surface area contributed by atoms with Crippen LogP contribution in [0.2, 0.25) is 5.02 Å². The number of guanidine groups is 1. The summed E-state index contributed by atoms with van der Waals surface area (Å²) in [5, 5.41) is 7.47. The molecular weight excluding hydrogens is 296 g/mol. The van der Waals surface area contributed by atoms with Gasteiger partial charge in [-0.1, -0.05) is 29.8 Å². The van der Waals surface area contributed by atoms with Crippen molar-refractivity contribution >= 4 is 17.6 Å². The molecule has 122 valence electrons. The Kier molecular flexibility index (Phi) is 6.52. The van der Waals surface area contributed by atoms with E-state index in [9.17, 15) is 0 Å². The Balaban J connectivity index is 1.74. The first-order chi connectivity index (χ1) is 10.6. The van der Waals surface area contributed by atoms with Crippen LogP contribution in [0.15, 0.2) is 29.3 Å². The fraction of sp³-hybridized carbons (Fsp3) is 0.588. The van der Waals surface area contributed by atoms with Crippen LogP contribution in [0.25, 0.3) is 0 Å². The average Bonchev–Trinajstić information content (AvgIpc) is 3.32. The molecule has 0 amide bonds. The van der Waals surface area contributed by atoms with Crippen molar-refractivity contribution in [1.82, 2.24) is 15.5 Å². The lowest BCUT2D eigenvalue weighted by Gasteiger charge is -2.26. The first-order valence-corrected chi connectivity index (χ1v) is 8.43. The Labute approximate surface area is 138 Å². The molecule has 0 aromatic heterocycles. The van der Waals surface area contributed by atoms with E-state index < -0.39 is 0 Å². The Hall–Kier alpha value is -1.26. The van der Waals surface area contributed by atoms with Crippen molar-refractivity contribution in [3.8, 4) is 0 Å². The van der Waals surface area contributed by atoms with E-state index in [1.54, 1.807) is 7.05 Å². The zero-order valence-electron chi connectivity index (χ0n) is 13.8. The summed E-state index contributed by atoms with van der Waals surface area (Å²) >= 11 is 6.17. The summed E-state index contributed by atoms with van der Waals surface area (Å²) in [5.41, 5.74) is 1.08. The van der Waals surface area contributed by atoms with E-state index in [0.29, 0.717) is 12.6 Å². The van der Waals surface area contributed by atoms with Crippen LogP contribution in [-0.4, -0.2) is 43.1 Å². The Morgan fingerprint density at radius 1 is 1.32 bits per heavy atom. The van der Waals surface area contributed by atoms with E-state index in [-0.39, 0.29) is 0 Å². The molecule has 1 fully saturated rings. The second-order valence-electron chi connectivity index (χ2n) is 6.01. The maximum atomic E-state index is 6.17. The van der Waals surface area contributed by atoms with Gasteiger partial charge in [-0.05, 0) is 38.3 Å². The molecule has 1 saturated carbocycles. The molecule has 1 aromatic rings. The normalized spacial score (nSPS) is 15.5. The van der Waals surface area contributed by atoms with Gasteiger partial charge in [-0.15, -0.1) is 0 Å². The predicted octanol–water partition coefficient (Wildman–Crippen LogP) is 2.88. The third-order valence-electron chi connectivity index (χ3n) is 3.97. The van der Waals surface area contributed by atoms with Gasteiger partial charge in [-0.25, -0.2) is 0 Å². The van der Waals surface area contributed by atoms with Gasteiger partial charge < -0.3 is 10.6 Å². The molecule has 4 nitrogen and oxygen atoms in total. The lowest BCUT2D eigenvalue weighted by Crippen LogP contribution is -2.43. The van der Waals surface area contributed by atoms with Crippen LogP contribution < -0.4 is 10.6 Å². The number of rotatable bonds is 7. The van der Waals surface area contributed by atoms with Gasteiger partial charge >= 0.3 is 0 Å². The second-order valence-corrected chi connectivity index (χ2v) is 6.41. The van der Waals surface area contributed by atoms with Crippen molar-refractivity contribution in [2.45, 2.75) is 45.3 Å². The minimum atomic E-state index is 0.604. The molecule has 0 atom stereocenters. The minimum Gasteiger partial charge on any atom is -0.355 e. The van der Waals surface area contributed by atoms with Gasteiger partial charge in [0.2, 0.25) is 0 Å². The van der Waals surface area contributed by atoms with Crippen molar-refractivity contribution in [3.63, 3.8) is 0 Å². The van der Waals surface area contributed by atoms with Gasteiger partial charge in [0.1, 0.15) is 0 Å². The first-order valence-electron chi connectivity index (χ1n) is 8.05. The van der Waals surface area contributed by atoms with Crippen LogP contribution in [0, 0.1) is 0 Å². The molecule has 22 heavy (non-hydrogen) atoms. The third-order valence-corrected chi connectivity index (χ3v) is 4.34. The van der Waals surface area contributed by atoms with Crippen molar-refractivity contribution in [1.29, 1.82) is 0 Å². The van der Waals surface area contributed by atoms with Gasteiger partial charge in [0, 0.05) is 43.8 Å². The van der Waals surface area contributed by atoms with E-state index in [1.165, 1.54) is 12.8 Å². The van der Waals surface area contributed by atoms with Crippen LogP contribution in [0.5, 0.6) is 0 Å². The summed E-state index contributed by atoms with van der Waals surface area (Å²) in [6.45, 7) is 7.16. The number of hydrogen-bond acceptors (Lipinski definition) is 2. The van der Waals surface area contributed by atoms with Gasteiger partial charge in [-0.2, -0.15) is 0 Å². The highest BCUT2D eigenvalue weighted by Gasteiger charge is 2.30. The number of nitrogens with one attached hydrogen (secondary N) is 2. The standard InChI is InChI=1S/C17H27ClN4/c1-13(2)22(15-8-9-15)11-10-20-17(19-3)21-12-14-6-4-5-7-16(14)18/h4-7,13,15H,8-12H2,1-3H3,(H2,19,20,21). The van der Waals surface area contributed by atoms with Gasteiger partial charge in [0.15, 0.2) is 5.96 Å². The molecule has 0 heterocycles. The van der Waals surface area contributed by atoms with E-state index in [4.69, 9.17) is 11.6 Å². The van der Waals surface area contributed by atoms with E-state index in [2.05, 4.69) is 34.4 Å². The van der Waals surface area contributed by atoms with Crippen LogP contribution >= 0.6 is 11.6 Å². The SMILES string of the molecule is CN=C(NCCN(C(C)C)C1CC1)NCc1ccccc1Cl. The molecule has 0 aliphatic heterocycles. The summed E-state index contributed by atoms with van der Waals surface area (Å²) in [4.78, 5) is 6.83. The fourth-order valence-corrected chi connectivity index (χ4v) is 2.82. The highest BCUT2D eigenvalue weighted by molar-refractivity contribution is 6.31. The molecular formula is C17H27ClN4. The van der Waals surface area contributed by atoms with Crippen molar-refractivity contribution < 1.29 is 0 Å². The first kappa shape index (κ1) is 17.1. The van der Waals surface area contributed by atoms with Crippen LogP contribution in [-0.2, 0) is 6.54 Å². The van der Waals surface area contributed by atoms with Crippen LogP contribution in [0.1, 0.15) is 32.3 Å². The lowest BCUT2D eigenvalue weighted by atomic mass is 10.2. The third kappa shape index (κ3) is 5.18. The fourth-order valence-electron chi connectivity index (χ4n) is 2.61. The highest BCUT2D eigenvalue weighted by atomic mass is 35.5. The zero-order chi connectivity index (χ0) is 15.9. The predicted molar refractivity (Wildman–Crippen MR) is 94.5 cm³/mol. The van der Waals surface area contributed by atoms with E-state index >= 15 is 0 Å². The largest absolute Gasteiger partial charge is 0.355 e. The molecule has 1 aliphatic carbocycles. The maximum Gasteiger partial charge on any atom is 0.191 e. The number of benzene rings is 1. The summed E-state index contributed by atoms with van der Waals surface area (Å²) < 4.78 is 0. The van der Waals surface area contributed by atoms with Crippen LogP contribution in [0.4, 0.5) is 0 Å². The highest BCUT2D eigenvalue weighted by Crippen LogP contribution is 2.27. The Morgan fingerprint density at radius 2 is 2.05 bits per heavy atom. The monoisotopic (exact) mass is 322 g/mol. The Morgan fingerprint density at radius 3 is 2.64 bits per heavy atom. The summed E-state index contributed by atoms with van der Waals surface area (Å²) in [7, 11) is 1.79. The summed E-state index contributed by atoms with van der Waals surface area (Å²) in [6, 6.07) is 9.26. The maximum absolute atomic E-state index is 6.17. The summed E-state index contributed by atoms with van der Waals surface area (Å²) in [6.07, 6.45) is 2.69. The molecule has 5 heteroatoms. The smallest absolute Gasteiger partial charge is 0.191 e. The average molecular weight is 323 g/mol. The zero-order valence-corrected chi connectivity index (χ0v) is 14.5. The molecule has 0 spiro atoms. The van der Waals surface area contributed by atoms with Gasteiger partial charge in [0.25, 0.3) is 0 Å². The quantitative estimate of drug-likeness (QED) is 0.599. The molecule has 0 radical (unpaired) electrons. The number of nitrogens with zero attached hydrogens (tertiary/aromatic N) is 2. The molecule has 0 bridgehead atoms. The van der Waals surface area contributed by atoms with Crippen molar-refractivity contribution in [2.75, 3.05) is 20.1 Å². The molecule has 1 aromatic carbocycles. The number of aliphatic imine (C=N–C) groups is 1. The van der Waals surface area contributed by atoms with Gasteiger partial charge in [0.05, 0.1) is 0 Å². The Bertz CT molecular complexity index is 495. The topological polar surface area (TPSA) is 39.7 Å². The molecule has 0 unspecified atom stereocenters. The molecule has 1 aliphatic rings. The van der Waals surface area contributed by atoms with E-state index in [0.717, 1.165) is 35.7 Å². The number of hydrogen-bond donors (Lipinski definition) is 2. The minimum absolute atomic E-state index is 0.604. The lowest BCUT2D eigenvalue weighted by molar-refractivity contribution is 0.215. The molecule has 2 rings (SSSR count). The van der Waals surface area contributed by atoms with Crippen molar-refractivity contribution in [3.05, 3.63) is 34.9 Å². The van der Waals surface area contributed by atoms with Crippen LogP contribution in [0.3, 0.4) is 0 Å². The van der Waals surface area contributed by atoms with Crippen molar-refractivity contribution in [2.24, 2.45) is 4.99 Å². The second kappa shape index (κ2) is 8.39. The number of halogens is 1.